The third-order valence-electron chi connectivity index (χ3n) is 3.07. The van der Waals surface area contributed by atoms with Crippen molar-refractivity contribution < 1.29 is 33.8 Å². The lowest BCUT2D eigenvalue weighted by atomic mass is 9.94. The van der Waals surface area contributed by atoms with Gasteiger partial charge in [0.15, 0.2) is 0 Å². The number of nitrogens with zero attached hydrogens (tertiary/aromatic N) is 1. The van der Waals surface area contributed by atoms with E-state index in [0.717, 1.165) is 6.92 Å². The maximum atomic E-state index is 12.2. The van der Waals surface area contributed by atoms with Gasteiger partial charge in [-0.15, -0.1) is 0 Å². The van der Waals surface area contributed by atoms with Crippen molar-refractivity contribution in [1.82, 2.24) is 4.90 Å². The fourth-order valence-electron chi connectivity index (χ4n) is 2.10. The summed E-state index contributed by atoms with van der Waals surface area (Å²) in [6.07, 6.45) is -2.34. The van der Waals surface area contributed by atoms with Crippen LogP contribution < -0.4 is 0 Å². The minimum absolute atomic E-state index is 0.319. The zero-order valence-electron chi connectivity index (χ0n) is 11.5. The highest BCUT2D eigenvalue weighted by Crippen LogP contribution is 2.33. The van der Waals surface area contributed by atoms with Crippen LogP contribution >= 0.6 is 0 Å². The first-order valence-corrected chi connectivity index (χ1v) is 6.19. The molecule has 8 nitrogen and oxygen atoms in total. The molecule has 1 rings (SSSR count). The van der Waals surface area contributed by atoms with E-state index in [1.54, 1.807) is 13.8 Å². The predicted octanol–water partition coefficient (Wildman–Crippen LogP) is -0.443. The summed E-state index contributed by atoms with van der Waals surface area (Å²) in [7, 11) is 0. The van der Waals surface area contributed by atoms with E-state index in [1.807, 2.05) is 0 Å². The summed E-state index contributed by atoms with van der Waals surface area (Å²) in [5, 5.41) is 9.30. The molecule has 8 heteroatoms. The van der Waals surface area contributed by atoms with Crippen molar-refractivity contribution in [1.29, 1.82) is 0 Å². The number of aliphatic carboxylic acids is 1. The van der Waals surface area contributed by atoms with Crippen LogP contribution in [0, 0.1) is 0 Å². The van der Waals surface area contributed by atoms with Crippen molar-refractivity contribution in [2.24, 2.45) is 0 Å². The Bertz CT molecular complexity index is 443. The summed E-state index contributed by atoms with van der Waals surface area (Å²) in [5.74, 6) is -4.06. The molecule has 1 amide bonds. The lowest BCUT2D eigenvalue weighted by Gasteiger charge is -2.30. The molecule has 1 aliphatic heterocycles. The second-order valence-corrected chi connectivity index (χ2v) is 4.35. The molecule has 1 heterocycles. The summed E-state index contributed by atoms with van der Waals surface area (Å²) in [6, 6.07) is 0. The van der Waals surface area contributed by atoms with Crippen LogP contribution in [-0.2, 0) is 28.7 Å². The third-order valence-corrected chi connectivity index (χ3v) is 3.07. The van der Waals surface area contributed by atoms with Gasteiger partial charge in [0.2, 0.25) is 6.10 Å². The van der Waals surface area contributed by atoms with E-state index in [0.29, 0.717) is 13.1 Å². The molecule has 1 aliphatic rings. The van der Waals surface area contributed by atoms with Gasteiger partial charge in [0.05, 0.1) is 0 Å². The van der Waals surface area contributed by atoms with E-state index < -0.39 is 41.9 Å². The molecule has 0 radical (unpaired) electrons. The van der Waals surface area contributed by atoms with Crippen molar-refractivity contribution in [2.45, 2.75) is 38.9 Å². The molecule has 1 saturated heterocycles. The molecule has 0 bridgehead atoms. The number of esters is 2. The lowest BCUT2D eigenvalue weighted by molar-refractivity contribution is -0.188. The number of carbonyl (C=O) groups excluding carboxylic acids is 3. The zero-order valence-corrected chi connectivity index (χ0v) is 11.5. The molecule has 0 aromatic carbocycles. The fourth-order valence-corrected chi connectivity index (χ4v) is 2.10. The molecular formula is C12H17NO7. The Morgan fingerprint density at radius 3 is 2.35 bits per heavy atom. The zero-order chi connectivity index (χ0) is 15.5. The van der Waals surface area contributed by atoms with Gasteiger partial charge in [-0.1, -0.05) is 0 Å². The Morgan fingerprint density at radius 1 is 1.40 bits per heavy atom. The smallest absolute Gasteiger partial charge is 0.353 e. The lowest BCUT2D eigenvalue weighted by Crippen LogP contribution is -2.56. The fraction of sp³-hybridized carbons (Fsp3) is 0.667. The van der Waals surface area contributed by atoms with Crippen molar-refractivity contribution in [2.75, 3.05) is 13.1 Å². The van der Waals surface area contributed by atoms with Gasteiger partial charge in [0, 0.05) is 20.0 Å². The van der Waals surface area contributed by atoms with Crippen molar-refractivity contribution in [3.63, 3.8) is 0 Å². The van der Waals surface area contributed by atoms with E-state index in [9.17, 15) is 24.3 Å². The molecule has 1 N–H and O–H groups in total. The number of cyclic esters (lactones) is 1. The highest BCUT2D eigenvalue weighted by Gasteiger charge is 2.62. The van der Waals surface area contributed by atoms with Crippen LogP contribution in [0.3, 0.4) is 0 Å². The Balaban J connectivity index is 3.19. The average molecular weight is 287 g/mol. The maximum Gasteiger partial charge on any atom is 0.353 e. The van der Waals surface area contributed by atoms with Crippen LogP contribution in [0.1, 0.15) is 27.2 Å². The number of carboxylic acids is 1. The number of ether oxygens (including phenoxy) is 2. The Labute approximate surface area is 115 Å². The van der Waals surface area contributed by atoms with Gasteiger partial charge in [-0.25, -0.2) is 4.79 Å². The summed E-state index contributed by atoms with van der Waals surface area (Å²) in [4.78, 5) is 47.5. The molecule has 0 spiro atoms. The largest absolute Gasteiger partial charge is 0.478 e. The van der Waals surface area contributed by atoms with Crippen molar-refractivity contribution in [3.8, 4) is 0 Å². The van der Waals surface area contributed by atoms with E-state index in [4.69, 9.17) is 9.47 Å². The Hall–Kier alpha value is -2.12. The second kappa shape index (κ2) is 5.89. The number of rotatable bonds is 5. The second-order valence-electron chi connectivity index (χ2n) is 4.35. The summed E-state index contributed by atoms with van der Waals surface area (Å²) >= 11 is 0. The Kier molecular flexibility index (Phi) is 4.69. The first kappa shape index (κ1) is 15.9. The van der Waals surface area contributed by atoms with Crippen LogP contribution in [0.15, 0.2) is 0 Å². The highest BCUT2D eigenvalue weighted by atomic mass is 16.6. The molecule has 0 aromatic rings. The van der Waals surface area contributed by atoms with Gasteiger partial charge in [-0.05, 0) is 13.8 Å². The number of amides is 1. The van der Waals surface area contributed by atoms with Crippen LogP contribution in [0.5, 0.6) is 0 Å². The molecule has 2 unspecified atom stereocenters. The van der Waals surface area contributed by atoms with Crippen molar-refractivity contribution >= 4 is 23.8 Å². The highest BCUT2D eigenvalue weighted by molar-refractivity contribution is 5.99. The molecule has 0 aliphatic carbocycles. The van der Waals surface area contributed by atoms with E-state index in [2.05, 4.69) is 0 Å². The molecule has 20 heavy (non-hydrogen) atoms. The predicted molar refractivity (Wildman–Crippen MR) is 64.6 cm³/mol. The number of likely N-dealkylation sites (N-methyl/N-ethyl adjacent to an activating group) is 1. The minimum Gasteiger partial charge on any atom is -0.478 e. The number of carboxylic acid groups (broad SMARTS) is 1. The van der Waals surface area contributed by atoms with Crippen LogP contribution in [-0.4, -0.2) is 58.6 Å². The van der Waals surface area contributed by atoms with Gasteiger partial charge < -0.3 is 19.5 Å². The van der Waals surface area contributed by atoms with E-state index in [-0.39, 0.29) is 0 Å². The Morgan fingerprint density at radius 2 is 1.95 bits per heavy atom. The molecule has 1 fully saturated rings. The molecule has 2 atom stereocenters. The maximum absolute atomic E-state index is 12.2. The first-order chi connectivity index (χ1) is 9.28. The quantitative estimate of drug-likeness (QED) is 0.682. The molecular weight excluding hydrogens is 270 g/mol. The average Bonchev–Trinajstić information content (AvgIpc) is 2.67. The van der Waals surface area contributed by atoms with Crippen LogP contribution in [0.4, 0.5) is 0 Å². The summed E-state index contributed by atoms with van der Waals surface area (Å²) in [5.41, 5.74) is -2.29. The van der Waals surface area contributed by atoms with Crippen molar-refractivity contribution in [3.05, 3.63) is 0 Å². The summed E-state index contributed by atoms with van der Waals surface area (Å²) < 4.78 is 9.57. The van der Waals surface area contributed by atoms with E-state index in [1.165, 1.54) is 4.90 Å². The number of carbonyl (C=O) groups is 4. The van der Waals surface area contributed by atoms with Crippen LogP contribution in [0.2, 0.25) is 0 Å². The third kappa shape index (κ3) is 2.73. The SMILES string of the molecule is CCN(CC)C(=O)C1OC(=O)CC1(OC(C)=O)C(=O)O. The first-order valence-electron chi connectivity index (χ1n) is 6.19. The van der Waals surface area contributed by atoms with Gasteiger partial charge in [0.25, 0.3) is 11.5 Å². The normalized spacial score (nSPS) is 24.9. The molecule has 0 saturated carbocycles. The summed E-state index contributed by atoms with van der Waals surface area (Å²) in [6.45, 7) is 5.05. The monoisotopic (exact) mass is 287 g/mol. The number of hydrogen-bond acceptors (Lipinski definition) is 6. The van der Waals surface area contributed by atoms with Crippen LogP contribution in [0.25, 0.3) is 0 Å². The van der Waals surface area contributed by atoms with Gasteiger partial charge in [-0.2, -0.15) is 0 Å². The molecule has 0 aromatic heterocycles. The number of hydrogen-bond donors (Lipinski definition) is 1. The van der Waals surface area contributed by atoms with Gasteiger partial charge in [0.1, 0.15) is 6.42 Å². The molecule has 112 valence electrons. The minimum atomic E-state index is -2.29. The van der Waals surface area contributed by atoms with Gasteiger partial charge in [-0.3, -0.25) is 14.4 Å². The van der Waals surface area contributed by atoms with E-state index >= 15 is 0 Å². The van der Waals surface area contributed by atoms with Gasteiger partial charge >= 0.3 is 17.9 Å². The standard InChI is InChI=1S/C12H17NO7/c1-4-13(5-2)10(16)9-12(11(17)18,20-7(3)14)6-8(15)19-9/h9H,4-6H2,1-3H3,(H,17,18). The topological polar surface area (TPSA) is 110 Å².